The van der Waals surface area contributed by atoms with Gasteiger partial charge in [0.15, 0.2) is 0 Å². The van der Waals surface area contributed by atoms with Gasteiger partial charge >= 0.3 is 0 Å². The second-order valence-corrected chi connectivity index (χ2v) is 6.32. The third-order valence-electron chi connectivity index (χ3n) is 4.40. The fourth-order valence-corrected chi connectivity index (χ4v) is 3.01. The zero-order valence-electron chi connectivity index (χ0n) is 11.7. The Labute approximate surface area is 116 Å². The minimum Gasteiger partial charge on any atom is -0.269 e. The summed E-state index contributed by atoms with van der Waals surface area (Å²) in [4.78, 5) is 0. The summed E-state index contributed by atoms with van der Waals surface area (Å²) in [5.74, 6) is 0.708. The first-order valence-corrected chi connectivity index (χ1v) is 7.80. The van der Waals surface area contributed by atoms with Crippen molar-refractivity contribution >= 4 is 11.6 Å². The highest BCUT2D eigenvalue weighted by molar-refractivity contribution is 6.18. The molecule has 0 spiro atoms. The van der Waals surface area contributed by atoms with E-state index in [9.17, 15) is 0 Å². The van der Waals surface area contributed by atoms with Crippen LogP contribution in [-0.2, 0) is 6.42 Å². The Bertz CT molecular complexity index is 362. The Morgan fingerprint density at radius 3 is 2.72 bits per heavy atom. The van der Waals surface area contributed by atoms with Gasteiger partial charge in [-0.25, -0.2) is 0 Å². The molecule has 1 saturated carbocycles. The van der Waals surface area contributed by atoms with Crippen molar-refractivity contribution in [2.24, 2.45) is 5.41 Å². The van der Waals surface area contributed by atoms with Crippen LogP contribution in [0.4, 0.5) is 0 Å². The molecule has 0 aromatic carbocycles. The molecule has 1 aliphatic rings. The molecule has 1 heterocycles. The van der Waals surface area contributed by atoms with Gasteiger partial charge in [-0.05, 0) is 37.2 Å². The number of hydrogen-bond donors (Lipinski definition) is 0. The fraction of sp³-hybridized carbons (Fsp3) is 0.800. The van der Waals surface area contributed by atoms with Crippen LogP contribution >= 0.6 is 11.6 Å². The van der Waals surface area contributed by atoms with E-state index in [1.54, 1.807) is 0 Å². The Kier molecular flexibility index (Phi) is 4.71. The van der Waals surface area contributed by atoms with Crippen molar-refractivity contribution in [3.05, 3.63) is 18.0 Å². The van der Waals surface area contributed by atoms with Gasteiger partial charge < -0.3 is 0 Å². The number of halogens is 1. The number of rotatable bonds is 5. The summed E-state index contributed by atoms with van der Waals surface area (Å²) in [5, 5.41) is 4.77. The molecule has 0 N–H and O–H groups in total. The molecule has 0 bridgehead atoms. The summed E-state index contributed by atoms with van der Waals surface area (Å²) in [7, 11) is 0. The summed E-state index contributed by atoms with van der Waals surface area (Å²) >= 11 is 6.08. The van der Waals surface area contributed by atoms with Crippen molar-refractivity contribution in [1.82, 2.24) is 9.78 Å². The second kappa shape index (κ2) is 6.10. The lowest BCUT2D eigenvalue weighted by molar-refractivity contribution is 0.319. The van der Waals surface area contributed by atoms with Gasteiger partial charge in [-0.3, -0.25) is 4.68 Å². The lowest BCUT2D eigenvalue weighted by atomic mass is 9.85. The molecule has 0 aliphatic heterocycles. The largest absolute Gasteiger partial charge is 0.269 e. The van der Waals surface area contributed by atoms with Gasteiger partial charge in [0.2, 0.25) is 0 Å². The second-order valence-electron chi connectivity index (χ2n) is 6.05. The van der Waals surface area contributed by atoms with E-state index in [4.69, 9.17) is 16.7 Å². The summed E-state index contributed by atoms with van der Waals surface area (Å²) in [6.45, 7) is 4.46. The van der Waals surface area contributed by atoms with Crippen LogP contribution in [0.5, 0.6) is 0 Å². The van der Waals surface area contributed by atoms with Crippen LogP contribution in [-0.4, -0.2) is 15.7 Å². The molecule has 0 amide bonds. The topological polar surface area (TPSA) is 17.8 Å². The first kappa shape index (κ1) is 13.9. The number of hydrogen-bond acceptors (Lipinski definition) is 1. The van der Waals surface area contributed by atoms with E-state index in [1.165, 1.54) is 37.8 Å². The third-order valence-corrected chi connectivity index (χ3v) is 5.04. The van der Waals surface area contributed by atoms with Gasteiger partial charge in [-0.15, -0.1) is 11.6 Å². The lowest BCUT2D eigenvalue weighted by Gasteiger charge is -2.24. The van der Waals surface area contributed by atoms with Crippen molar-refractivity contribution < 1.29 is 0 Å². The highest BCUT2D eigenvalue weighted by Gasteiger charge is 2.23. The van der Waals surface area contributed by atoms with Gasteiger partial charge in [-0.2, -0.15) is 5.10 Å². The van der Waals surface area contributed by atoms with Gasteiger partial charge in [0.1, 0.15) is 0 Å². The van der Waals surface area contributed by atoms with E-state index in [1.807, 2.05) is 0 Å². The normalized spacial score (nSPS) is 20.8. The number of alkyl halides is 1. The SMILES string of the molecule is CCC(C)(CCl)Cc1ccn(C2CCCCC2)n1. The quantitative estimate of drug-likeness (QED) is 0.715. The van der Waals surface area contributed by atoms with Crippen LogP contribution in [0.1, 0.15) is 64.1 Å². The van der Waals surface area contributed by atoms with Gasteiger partial charge in [-0.1, -0.05) is 33.1 Å². The van der Waals surface area contributed by atoms with Crippen LogP contribution in [0.15, 0.2) is 12.3 Å². The predicted molar refractivity (Wildman–Crippen MR) is 77.2 cm³/mol. The van der Waals surface area contributed by atoms with Crippen molar-refractivity contribution in [2.45, 2.75) is 64.8 Å². The third kappa shape index (κ3) is 3.28. The van der Waals surface area contributed by atoms with Gasteiger partial charge in [0.05, 0.1) is 11.7 Å². The van der Waals surface area contributed by atoms with Crippen LogP contribution in [0.2, 0.25) is 0 Å². The van der Waals surface area contributed by atoms with Crippen molar-refractivity contribution in [1.29, 1.82) is 0 Å². The maximum absolute atomic E-state index is 6.08. The van der Waals surface area contributed by atoms with E-state index >= 15 is 0 Å². The molecular formula is C15H25ClN2. The molecular weight excluding hydrogens is 244 g/mol. The van der Waals surface area contributed by atoms with Crippen LogP contribution in [0.3, 0.4) is 0 Å². The molecule has 0 radical (unpaired) electrons. The molecule has 1 fully saturated rings. The molecule has 1 aromatic rings. The minimum absolute atomic E-state index is 0.188. The van der Waals surface area contributed by atoms with Crippen LogP contribution in [0.25, 0.3) is 0 Å². The summed E-state index contributed by atoms with van der Waals surface area (Å²) < 4.78 is 2.19. The minimum atomic E-state index is 0.188. The summed E-state index contributed by atoms with van der Waals surface area (Å²) in [6.07, 6.45) is 11.0. The highest BCUT2D eigenvalue weighted by atomic mass is 35.5. The maximum atomic E-state index is 6.08. The first-order valence-electron chi connectivity index (χ1n) is 7.27. The maximum Gasteiger partial charge on any atom is 0.0630 e. The highest BCUT2D eigenvalue weighted by Crippen LogP contribution is 2.30. The van der Waals surface area contributed by atoms with Crippen molar-refractivity contribution in [3.8, 4) is 0 Å². The number of aromatic nitrogens is 2. The Morgan fingerprint density at radius 1 is 1.39 bits per heavy atom. The average Bonchev–Trinajstić information content (AvgIpc) is 2.88. The Morgan fingerprint density at radius 2 is 2.11 bits per heavy atom. The van der Waals surface area contributed by atoms with E-state index < -0.39 is 0 Å². The zero-order valence-corrected chi connectivity index (χ0v) is 12.4. The van der Waals surface area contributed by atoms with Crippen molar-refractivity contribution in [3.63, 3.8) is 0 Å². The smallest absolute Gasteiger partial charge is 0.0630 e. The predicted octanol–water partition coefficient (Wildman–Crippen LogP) is 4.59. The molecule has 2 nitrogen and oxygen atoms in total. The van der Waals surface area contributed by atoms with E-state index in [2.05, 4.69) is 30.8 Å². The molecule has 1 atom stereocenters. The molecule has 1 unspecified atom stereocenters. The molecule has 2 rings (SSSR count). The molecule has 1 aliphatic carbocycles. The molecule has 3 heteroatoms. The zero-order chi connectivity index (χ0) is 13.0. The number of nitrogens with zero attached hydrogens (tertiary/aromatic N) is 2. The van der Waals surface area contributed by atoms with E-state index in [0.717, 1.165) is 12.8 Å². The van der Waals surface area contributed by atoms with Gasteiger partial charge in [0.25, 0.3) is 0 Å². The van der Waals surface area contributed by atoms with Crippen LogP contribution in [0, 0.1) is 5.41 Å². The van der Waals surface area contributed by atoms with Crippen molar-refractivity contribution in [2.75, 3.05) is 5.88 Å². The molecule has 1 aromatic heterocycles. The lowest BCUT2D eigenvalue weighted by Crippen LogP contribution is -2.21. The standard InChI is InChI=1S/C15H25ClN2/c1-3-15(2,12-16)11-13-9-10-18(17-13)14-7-5-4-6-8-14/h9-10,14H,3-8,11-12H2,1-2H3. The average molecular weight is 269 g/mol. The van der Waals surface area contributed by atoms with Crippen LogP contribution < -0.4 is 0 Å². The first-order chi connectivity index (χ1) is 8.67. The molecule has 18 heavy (non-hydrogen) atoms. The summed E-state index contributed by atoms with van der Waals surface area (Å²) in [6, 6.07) is 2.81. The molecule has 0 saturated heterocycles. The van der Waals surface area contributed by atoms with E-state index in [-0.39, 0.29) is 5.41 Å². The Hall–Kier alpha value is -0.500. The molecule has 102 valence electrons. The fourth-order valence-electron chi connectivity index (χ4n) is 2.72. The monoisotopic (exact) mass is 268 g/mol. The Balaban J connectivity index is 2.01. The summed E-state index contributed by atoms with van der Waals surface area (Å²) in [5.41, 5.74) is 1.39. The van der Waals surface area contributed by atoms with E-state index in [0.29, 0.717) is 11.9 Å². The van der Waals surface area contributed by atoms with Gasteiger partial charge in [0, 0.05) is 12.1 Å².